The fourth-order valence-electron chi connectivity index (χ4n) is 4.91. The Morgan fingerprint density at radius 2 is 1.91 bits per heavy atom. The summed E-state index contributed by atoms with van der Waals surface area (Å²) in [6.45, 7) is 13.1. The Bertz CT molecular complexity index is 1080. The number of H-pyrrole nitrogens is 1. The number of rotatable bonds is 10. The van der Waals surface area contributed by atoms with Crippen molar-refractivity contribution in [2.45, 2.75) is 51.4 Å². The van der Waals surface area contributed by atoms with Crippen LogP contribution in [0.1, 0.15) is 61.5 Å². The highest BCUT2D eigenvalue weighted by Crippen LogP contribution is 2.43. The maximum atomic E-state index is 6.18. The molecule has 1 fully saturated rings. The molecule has 2 heterocycles. The Hall–Kier alpha value is -2.33. The highest BCUT2D eigenvalue weighted by molar-refractivity contribution is 6.31. The van der Waals surface area contributed by atoms with Crippen LogP contribution in [0.2, 0.25) is 0 Å². The Labute approximate surface area is 220 Å². The molecule has 1 aliphatic rings. The molecule has 0 spiro atoms. The minimum Gasteiger partial charge on any atom is -0.303 e. The molecular weight excluding hydrogens is 473 g/mol. The smallest absolute Gasteiger partial charge is 0.0760 e. The molecule has 2 aromatic rings. The first-order valence-corrected chi connectivity index (χ1v) is 13.1. The van der Waals surface area contributed by atoms with Gasteiger partial charge in [0.1, 0.15) is 0 Å². The lowest BCUT2D eigenvalue weighted by atomic mass is 9.69. The molecule has 5 heteroatoms. The number of benzene rings is 1. The fourth-order valence-corrected chi connectivity index (χ4v) is 5.05. The number of aromatic nitrogens is 2. The third kappa shape index (κ3) is 6.88. The predicted molar refractivity (Wildman–Crippen MR) is 151 cm³/mol. The van der Waals surface area contributed by atoms with Crippen molar-refractivity contribution in [3.05, 3.63) is 112 Å². The van der Waals surface area contributed by atoms with Crippen LogP contribution in [0.3, 0.4) is 0 Å². The van der Waals surface area contributed by atoms with E-state index in [2.05, 4.69) is 72.9 Å². The average Bonchev–Trinajstić information content (AvgIpc) is 3.29. The quantitative estimate of drug-likeness (QED) is 0.327. The normalized spacial score (nSPS) is 18.4. The van der Waals surface area contributed by atoms with Crippen molar-refractivity contribution in [1.82, 2.24) is 15.1 Å². The lowest BCUT2D eigenvalue weighted by molar-refractivity contribution is 0.179. The third-order valence-corrected chi connectivity index (χ3v) is 7.63. The summed E-state index contributed by atoms with van der Waals surface area (Å²) in [5, 5.41) is 9.71. The summed E-state index contributed by atoms with van der Waals surface area (Å²) in [5.74, 6) is 0.202. The summed E-state index contributed by atoms with van der Waals surface area (Å²) in [5.41, 5.74) is 4.86. The van der Waals surface area contributed by atoms with Crippen LogP contribution >= 0.6 is 23.2 Å². The molecule has 35 heavy (non-hydrogen) atoms. The number of allylic oxidation sites excluding steroid dienone is 8. The van der Waals surface area contributed by atoms with Gasteiger partial charge < -0.3 is 4.90 Å². The van der Waals surface area contributed by atoms with Crippen molar-refractivity contribution in [2.75, 3.05) is 19.6 Å². The summed E-state index contributed by atoms with van der Waals surface area (Å²) in [6, 6.07) is 10.9. The van der Waals surface area contributed by atoms with E-state index in [1.54, 1.807) is 6.08 Å². The largest absolute Gasteiger partial charge is 0.303 e. The number of aromatic amines is 1. The van der Waals surface area contributed by atoms with E-state index in [4.69, 9.17) is 28.3 Å². The van der Waals surface area contributed by atoms with E-state index in [0.717, 1.165) is 49.6 Å². The van der Waals surface area contributed by atoms with Gasteiger partial charge in [0, 0.05) is 33.6 Å². The number of nitrogens with zero attached hydrogens (tertiary/aromatic N) is 2. The molecule has 0 radical (unpaired) electrons. The van der Waals surface area contributed by atoms with Crippen LogP contribution in [0.15, 0.2) is 89.5 Å². The van der Waals surface area contributed by atoms with Crippen molar-refractivity contribution in [1.29, 1.82) is 0 Å². The van der Waals surface area contributed by atoms with E-state index in [1.165, 1.54) is 16.8 Å². The van der Waals surface area contributed by atoms with Gasteiger partial charge in [-0.25, -0.2) is 0 Å². The average molecular weight is 511 g/mol. The minimum absolute atomic E-state index is 0.0863. The van der Waals surface area contributed by atoms with Crippen molar-refractivity contribution in [3.8, 4) is 0 Å². The van der Waals surface area contributed by atoms with Gasteiger partial charge in [-0.05, 0) is 69.5 Å². The van der Waals surface area contributed by atoms with E-state index in [-0.39, 0.29) is 11.3 Å². The summed E-state index contributed by atoms with van der Waals surface area (Å²) in [7, 11) is 0. The van der Waals surface area contributed by atoms with Crippen LogP contribution in [0, 0.1) is 6.92 Å². The number of likely N-dealkylation sites (tertiary alicyclic amines) is 1. The fraction of sp³-hybridized carbons (Fsp3) is 0.367. The molecule has 0 saturated carbocycles. The molecule has 1 atom stereocenters. The maximum Gasteiger partial charge on any atom is 0.0760 e. The number of nitrogens with one attached hydrogen (secondary N) is 1. The van der Waals surface area contributed by atoms with Gasteiger partial charge in [-0.15, -0.1) is 0 Å². The molecule has 186 valence electrons. The van der Waals surface area contributed by atoms with Gasteiger partial charge in [0.05, 0.1) is 5.69 Å². The molecule has 1 aromatic heterocycles. The van der Waals surface area contributed by atoms with Gasteiger partial charge in [-0.1, -0.05) is 97.4 Å². The van der Waals surface area contributed by atoms with Crippen molar-refractivity contribution >= 4 is 23.2 Å². The monoisotopic (exact) mass is 509 g/mol. The molecule has 1 N–H and O–H groups in total. The number of piperidine rings is 1. The van der Waals surface area contributed by atoms with E-state index < -0.39 is 0 Å². The molecule has 1 saturated heterocycles. The molecule has 0 bridgehead atoms. The zero-order chi connectivity index (χ0) is 25.3. The lowest BCUT2D eigenvalue weighted by Gasteiger charge is -2.42. The molecule has 3 rings (SSSR count). The van der Waals surface area contributed by atoms with Gasteiger partial charge in [-0.3, -0.25) is 5.10 Å². The van der Waals surface area contributed by atoms with Crippen LogP contribution in [-0.4, -0.2) is 34.7 Å². The Morgan fingerprint density at radius 3 is 2.57 bits per heavy atom. The van der Waals surface area contributed by atoms with Crippen LogP contribution in [0.5, 0.6) is 0 Å². The maximum absolute atomic E-state index is 6.18. The Kier molecular flexibility index (Phi) is 10.2. The predicted octanol–water partition coefficient (Wildman–Crippen LogP) is 8.16. The second kappa shape index (κ2) is 13.1. The zero-order valence-corrected chi connectivity index (χ0v) is 22.6. The van der Waals surface area contributed by atoms with Crippen LogP contribution in [0.25, 0.3) is 0 Å². The molecule has 3 nitrogen and oxygen atoms in total. The van der Waals surface area contributed by atoms with E-state index in [0.29, 0.717) is 5.03 Å². The van der Waals surface area contributed by atoms with E-state index in [1.807, 2.05) is 31.2 Å². The second-order valence-electron chi connectivity index (χ2n) is 9.19. The third-order valence-electron chi connectivity index (χ3n) is 7.01. The molecule has 1 unspecified atom stereocenters. The number of halogens is 2. The first kappa shape index (κ1) is 27.3. The standard InChI is InChI=1S/C30H37Cl2N3/c1-5-26(31)15-11-8-12-20-35-21-18-30(19-22-35,25-13-9-7-10-14-25)29-24(4)28(33-34-29)23(3)16-17-27(32)6-2/h5-11,13-17,23H,1,12,18-22H2,2-4H3,(H,33,34)/b11-8+,17-16-,26-15+,27-6+. The van der Waals surface area contributed by atoms with E-state index in [9.17, 15) is 0 Å². The molecule has 0 aliphatic carbocycles. The summed E-state index contributed by atoms with van der Waals surface area (Å²) < 4.78 is 0. The second-order valence-corrected chi connectivity index (χ2v) is 10.1. The Morgan fingerprint density at radius 1 is 1.20 bits per heavy atom. The van der Waals surface area contributed by atoms with Gasteiger partial charge in [0.15, 0.2) is 0 Å². The number of hydrogen-bond donors (Lipinski definition) is 1. The van der Waals surface area contributed by atoms with Crippen LogP contribution in [-0.2, 0) is 5.41 Å². The number of hydrogen-bond acceptors (Lipinski definition) is 2. The molecule has 1 aromatic carbocycles. The highest BCUT2D eigenvalue weighted by Gasteiger charge is 2.41. The topological polar surface area (TPSA) is 31.9 Å². The minimum atomic E-state index is -0.0863. The summed E-state index contributed by atoms with van der Waals surface area (Å²) in [6.07, 6.45) is 16.8. The van der Waals surface area contributed by atoms with Gasteiger partial charge in [-0.2, -0.15) is 5.10 Å². The van der Waals surface area contributed by atoms with Crippen LogP contribution < -0.4 is 0 Å². The SMILES string of the molecule is C=C/C(Cl)=C\C=C\CCN1CCC(c2ccccc2)(c2n[nH]c(C(C)/C=C\C(Cl)=C/C)c2C)CC1. The van der Waals surface area contributed by atoms with Crippen molar-refractivity contribution in [3.63, 3.8) is 0 Å². The Balaban J connectivity index is 1.79. The zero-order valence-electron chi connectivity index (χ0n) is 21.1. The molecule has 1 aliphatic heterocycles. The van der Waals surface area contributed by atoms with Crippen molar-refractivity contribution < 1.29 is 0 Å². The summed E-state index contributed by atoms with van der Waals surface area (Å²) in [4.78, 5) is 2.55. The molecule has 0 amide bonds. The van der Waals surface area contributed by atoms with Gasteiger partial charge in [0.2, 0.25) is 0 Å². The summed E-state index contributed by atoms with van der Waals surface area (Å²) >= 11 is 12.2. The van der Waals surface area contributed by atoms with Crippen molar-refractivity contribution in [2.24, 2.45) is 0 Å². The van der Waals surface area contributed by atoms with Gasteiger partial charge >= 0.3 is 0 Å². The first-order valence-electron chi connectivity index (χ1n) is 12.4. The van der Waals surface area contributed by atoms with Crippen LogP contribution in [0.4, 0.5) is 0 Å². The van der Waals surface area contributed by atoms with E-state index >= 15 is 0 Å². The lowest BCUT2D eigenvalue weighted by Crippen LogP contribution is -2.44. The van der Waals surface area contributed by atoms with Gasteiger partial charge in [0.25, 0.3) is 0 Å². The molecular formula is C30H37Cl2N3. The first-order chi connectivity index (χ1) is 16.9. The highest BCUT2D eigenvalue weighted by atomic mass is 35.5.